The maximum Gasteiger partial charge on any atom is 0.263 e. The van der Waals surface area contributed by atoms with E-state index in [0.717, 1.165) is 63.0 Å². The first-order chi connectivity index (χ1) is 15.1. The van der Waals surface area contributed by atoms with Gasteiger partial charge in [0.15, 0.2) is 5.60 Å². The molecular formula is C27H34N2O2. The van der Waals surface area contributed by atoms with Gasteiger partial charge in [0.1, 0.15) is 0 Å². The molecule has 1 unspecified atom stereocenters. The highest BCUT2D eigenvalue weighted by atomic mass is 16.3. The van der Waals surface area contributed by atoms with Gasteiger partial charge in [0.25, 0.3) is 5.91 Å². The number of aliphatic hydroxyl groups is 1. The Hall–Kier alpha value is -2.43. The van der Waals surface area contributed by atoms with Crippen molar-refractivity contribution in [3.05, 3.63) is 83.6 Å². The number of rotatable bonds is 6. The standard InChI is InChI=1S/C27H34N2O2/c1-28(25-17-19-29(20-18-25)21-22-11-5-2-6-12-22)26(30)27(31,23-13-7-3-8-14-23)24-15-9-4-10-16-24/h2-3,5-8,11-14,17,24,31H,4,9-10,15-16,18-21H2,1H3. The molecule has 0 bridgehead atoms. The molecule has 0 spiro atoms. The van der Waals surface area contributed by atoms with Crippen molar-refractivity contribution >= 4 is 5.91 Å². The minimum absolute atomic E-state index is 0.0302. The van der Waals surface area contributed by atoms with E-state index < -0.39 is 5.60 Å². The van der Waals surface area contributed by atoms with Gasteiger partial charge in [-0.2, -0.15) is 0 Å². The minimum Gasteiger partial charge on any atom is -0.375 e. The molecule has 2 aromatic rings. The molecule has 1 fully saturated rings. The van der Waals surface area contributed by atoms with Gasteiger partial charge >= 0.3 is 0 Å². The first kappa shape index (κ1) is 21.8. The third-order valence-corrected chi connectivity index (χ3v) is 6.99. The van der Waals surface area contributed by atoms with Gasteiger partial charge in [-0.15, -0.1) is 0 Å². The Labute approximate surface area is 186 Å². The zero-order chi connectivity index (χ0) is 21.7. The fourth-order valence-electron chi connectivity index (χ4n) is 5.12. The summed E-state index contributed by atoms with van der Waals surface area (Å²) < 4.78 is 0. The van der Waals surface area contributed by atoms with Crippen LogP contribution in [0.3, 0.4) is 0 Å². The molecule has 4 nitrogen and oxygen atoms in total. The molecule has 0 aromatic heterocycles. The van der Waals surface area contributed by atoms with Crippen molar-refractivity contribution in [2.45, 2.75) is 50.7 Å². The quantitative estimate of drug-likeness (QED) is 0.739. The number of likely N-dealkylation sites (N-methyl/N-ethyl adjacent to an activating group) is 1. The molecule has 1 N–H and O–H groups in total. The maximum atomic E-state index is 13.8. The summed E-state index contributed by atoms with van der Waals surface area (Å²) in [6, 6.07) is 20.1. The van der Waals surface area contributed by atoms with Gasteiger partial charge in [-0.1, -0.05) is 86.0 Å². The molecule has 1 heterocycles. The highest BCUT2D eigenvalue weighted by Crippen LogP contribution is 2.41. The molecule has 1 aliphatic carbocycles. The maximum absolute atomic E-state index is 13.8. The van der Waals surface area contributed by atoms with Crippen LogP contribution in [0.15, 0.2) is 72.4 Å². The van der Waals surface area contributed by atoms with Crippen molar-refractivity contribution in [3.63, 3.8) is 0 Å². The molecular weight excluding hydrogens is 384 g/mol. The van der Waals surface area contributed by atoms with Crippen LogP contribution in [0.4, 0.5) is 0 Å². The largest absolute Gasteiger partial charge is 0.375 e. The van der Waals surface area contributed by atoms with Crippen LogP contribution in [0.5, 0.6) is 0 Å². The second-order valence-corrected chi connectivity index (χ2v) is 9.00. The van der Waals surface area contributed by atoms with Gasteiger partial charge in [-0.05, 0) is 24.0 Å². The molecule has 0 saturated heterocycles. The Balaban J connectivity index is 1.51. The van der Waals surface area contributed by atoms with Gasteiger partial charge in [-0.3, -0.25) is 9.69 Å². The number of hydrogen-bond acceptors (Lipinski definition) is 3. The van der Waals surface area contributed by atoms with E-state index in [2.05, 4.69) is 35.2 Å². The number of nitrogens with zero attached hydrogens (tertiary/aromatic N) is 2. The molecule has 2 aromatic carbocycles. The lowest BCUT2D eigenvalue weighted by Gasteiger charge is -2.41. The fourth-order valence-corrected chi connectivity index (χ4v) is 5.12. The van der Waals surface area contributed by atoms with Crippen molar-refractivity contribution in [2.75, 3.05) is 20.1 Å². The smallest absolute Gasteiger partial charge is 0.263 e. The highest BCUT2D eigenvalue weighted by molar-refractivity contribution is 5.88. The number of carbonyl (C=O) groups is 1. The van der Waals surface area contributed by atoms with Gasteiger partial charge in [0.05, 0.1) is 0 Å². The van der Waals surface area contributed by atoms with E-state index >= 15 is 0 Å². The van der Waals surface area contributed by atoms with E-state index in [9.17, 15) is 9.90 Å². The Bertz CT molecular complexity index is 890. The van der Waals surface area contributed by atoms with E-state index in [0.29, 0.717) is 0 Å². The van der Waals surface area contributed by atoms with E-state index in [1.807, 2.05) is 43.4 Å². The normalized spacial score (nSPS) is 20.0. The Morgan fingerprint density at radius 2 is 1.68 bits per heavy atom. The minimum atomic E-state index is -1.46. The topological polar surface area (TPSA) is 43.8 Å². The zero-order valence-corrected chi connectivity index (χ0v) is 18.5. The van der Waals surface area contributed by atoms with Gasteiger partial charge in [-0.25, -0.2) is 0 Å². The van der Waals surface area contributed by atoms with Gasteiger partial charge in [0, 0.05) is 44.7 Å². The molecule has 1 amide bonds. The first-order valence-electron chi connectivity index (χ1n) is 11.6. The van der Waals surface area contributed by atoms with Crippen LogP contribution < -0.4 is 0 Å². The third kappa shape index (κ3) is 4.76. The second-order valence-electron chi connectivity index (χ2n) is 9.00. The van der Waals surface area contributed by atoms with Crippen molar-refractivity contribution < 1.29 is 9.90 Å². The van der Waals surface area contributed by atoms with Crippen molar-refractivity contribution in [1.82, 2.24) is 9.80 Å². The van der Waals surface area contributed by atoms with E-state index in [-0.39, 0.29) is 11.8 Å². The summed E-state index contributed by atoms with van der Waals surface area (Å²) >= 11 is 0. The zero-order valence-electron chi connectivity index (χ0n) is 18.5. The fraction of sp³-hybridized carbons (Fsp3) is 0.444. The summed E-state index contributed by atoms with van der Waals surface area (Å²) in [5.74, 6) is -0.217. The predicted octanol–water partition coefficient (Wildman–Crippen LogP) is 4.70. The number of benzene rings is 2. The highest BCUT2D eigenvalue weighted by Gasteiger charge is 2.47. The molecule has 1 aliphatic heterocycles. The molecule has 31 heavy (non-hydrogen) atoms. The van der Waals surface area contributed by atoms with Crippen LogP contribution in [0.2, 0.25) is 0 Å². The summed E-state index contributed by atoms with van der Waals surface area (Å²) in [6.07, 6.45) is 8.10. The second kappa shape index (κ2) is 9.80. The SMILES string of the molecule is CN(C(=O)C(O)(c1ccccc1)C1CCCCC1)C1=CCN(Cc2ccccc2)CC1. The molecule has 4 heteroatoms. The van der Waals surface area contributed by atoms with Crippen LogP contribution in [0, 0.1) is 5.92 Å². The van der Waals surface area contributed by atoms with Crippen molar-refractivity contribution in [1.29, 1.82) is 0 Å². The summed E-state index contributed by atoms with van der Waals surface area (Å²) in [5, 5.41) is 11.9. The van der Waals surface area contributed by atoms with Crippen LogP contribution in [0.1, 0.15) is 49.7 Å². The Morgan fingerprint density at radius 3 is 2.29 bits per heavy atom. The van der Waals surface area contributed by atoms with Crippen LogP contribution >= 0.6 is 0 Å². The Kier molecular flexibility index (Phi) is 6.89. The molecule has 164 valence electrons. The number of hydrogen-bond donors (Lipinski definition) is 1. The van der Waals surface area contributed by atoms with E-state index in [1.54, 1.807) is 4.90 Å². The lowest BCUT2D eigenvalue weighted by Crippen LogP contribution is -2.51. The molecule has 4 rings (SSSR count). The average molecular weight is 419 g/mol. The van der Waals surface area contributed by atoms with Gasteiger partial charge in [0.2, 0.25) is 0 Å². The molecule has 1 saturated carbocycles. The lowest BCUT2D eigenvalue weighted by molar-refractivity contribution is -0.158. The monoisotopic (exact) mass is 418 g/mol. The first-order valence-corrected chi connectivity index (χ1v) is 11.6. The van der Waals surface area contributed by atoms with E-state index in [4.69, 9.17) is 0 Å². The summed E-state index contributed by atoms with van der Waals surface area (Å²) in [7, 11) is 1.83. The van der Waals surface area contributed by atoms with Crippen LogP contribution in [-0.4, -0.2) is 41.0 Å². The van der Waals surface area contributed by atoms with Crippen molar-refractivity contribution in [3.8, 4) is 0 Å². The number of carbonyl (C=O) groups excluding carboxylic acids is 1. The lowest BCUT2D eigenvalue weighted by atomic mass is 9.72. The summed E-state index contributed by atoms with van der Waals surface area (Å²) in [5.41, 5.74) is 1.58. The third-order valence-electron chi connectivity index (χ3n) is 6.99. The predicted molar refractivity (Wildman–Crippen MR) is 124 cm³/mol. The summed E-state index contributed by atoms with van der Waals surface area (Å²) in [6.45, 7) is 2.64. The molecule has 1 atom stereocenters. The number of amides is 1. The van der Waals surface area contributed by atoms with Crippen LogP contribution in [-0.2, 0) is 16.9 Å². The summed E-state index contributed by atoms with van der Waals surface area (Å²) in [4.78, 5) is 17.9. The molecule has 0 radical (unpaired) electrons. The van der Waals surface area contributed by atoms with Crippen molar-refractivity contribution in [2.24, 2.45) is 5.92 Å². The average Bonchev–Trinajstić information content (AvgIpc) is 2.85. The Morgan fingerprint density at radius 1 is 1.03 bits per heavy atom. The van der Waals surface area contributed by atoms with E-state index in [1.165, 1.54) is 12.0 Å². The van der Waals surface area contributed by atoms with Crippen LogP contribution in [0.25, 0.3) is 0 Å². The molecule has 2 aliphatic rings. The van der Waals surface area contributed by atoms with Gasteiger partial charge < -0.3 is 10.0 Å².